The second kappa shape index (κ2) is 9.00. The lowest BCUT2D eigenvalue weighted by molar-refractivity contribution is 0.105. The van der Waals surface area contributed by atoms with Crippen molar-refractivity contribution in [1.82, 2.24) is 19.8 Å². The van der Waals surface area contributed by atoms with Crippen LogP contribution >= 0.6 is 0 Å². The lowest BCUT2D eigenvalue weighted by Crippen LogP contribution is -2.33. The second-order valence-electron chi connectivity index (χ2n) is 8.32. The van der Waals surface area contributed by atoms with Gasteiger partial charge in [-0.05, 0) is 11.5 Å². The Morgan fingerprint density at radius 2 is 1.70 bits per heavy atom. The number of aromatic amines is 1. The summed E-state index contributed by atoms with van der Waals surface area (Å²) in [6.07, 6.45) is 8.23. The smallest absolute Gasteiger partial charge is 0.106 e. The summed E-state index contributed by atoms with van der Waals surface area (Å²) in [6, 6.07) is 10.5. The Labute approximate surface area is 162 Å². The third kappa shape index (κ3) is 5.41. The highest BCUT2D eigenvalue weighted by Gasteiger charge is 2.22. The van der Waals surface area contributed by atoms with Gasteiger partial charge in [-0.15, -0.1) is 0 Å². The van der Waals surface area contributed by atoms with E-state index in [1.807, 2.05) is 12.3 Å². The molecule has 1 aromatic heterocycles. The predicted octanol–water partition coefficient (Wildman–Crippen LogP) is 2.82. The Kier molecular flexibility index (Phi) is 6.22. The van der Waals surface area contributed by atoms with Gasteiger partial charge in [-0.3, -0.25) is 9.80 Å². The molecule has 146 valence electrons. The quantitative estimate of drug-likeness (QED) is 0.823. The SMILES string of the molecule is OC1CN(Cc2ccccc2)CCN(Cc2cnc(CC3CCCC3)[nH]2)C1. The van der Waals surface area contributed by atoms with E-state index in [2.05, 4.69) is 44.0 Å². The van der Waals surface area contributed by atoms with Crippen LogP contribution in [-0.2, 0) is 19.5 Å². The molecule has 2 N–H and O–H groups in total. The number of aliphatic hydroxyl groups excluding tert-OH is 1. The molecule has 0 amide bonds. The first-order valence-electron chi connectivity index (χ1n) is 10.4. The number of nitrogens with one attached hydrogen (secondary N) is 1. The highest BCUT2D eigenvalue weighted by atomic mass is 16.3. The van der Waals surface area contributed by atoms with E-state index < -0.39 is 0 Å². The maximum atomic E-state index is 10.5. The standard InChI is InChI=1S/C22H32N4O/c27-21-16-25(14-19-8-2-1-3-9-19)10-11-26(17-21)15-20-13-23-22(24-20)12-18-6-4-5-7-18/h1-3,8-9,13,18,21,27H,4-7,10-12,14-17H2,(H,23,24). The molecule has 2 aromatic rings. The van der Waals surface area contributed by atoms with E-state index in [9.17, 15) is 5.11 Å². The summed E-state index contributed by atoms with van der Waals surface area (Å²) in [6.45, 7) is 5.16. The number of rotatable bonds is 6. The van der Waals surface area contributed by atoms with E-state index in [1.54, 1.807) is 0 Å². The fourth-order valence-corrected chi connectivity index (χ4v) is 4.57. The Hall–Kier alpha value is -1.69. The number of imidazole rings is 1. The molecule has 1 atom stereocenters. The van der Waals surface area contributed by atoms with Gasteiger partial charge in [-0.25, -0.2) is 4.98 Å². The van der Waals surface area contributed by atoms with Crippen molar-refractivity contribution in [3.8, 4) is 0 Å². The molecule has 0 radical (unpaired) electrons. The van der Waals surface area contributed by atoms with Crippen LogP contribution in [0.2, 0.25) is 0 Å². The number of aromatic nitrogens is 2. The van der Waals surface area contributed by atoms with Crippen molar-refractivity contribution >= 4 is 0 Å². The van der Waals surface area contributed by atoms with Crippen LogP contribution in [0, 0.1) is 5.92 Å². The van der Waals surface area contributed by atoms with Crippen LogP contribution in [0.1, 0.15) is 42.8 Å². The molecule has 4 rings (SSSR count). The molecule has 1 aromatic carbocycles. The van der Waals surface area contributed by atoms with Crippen molar-refractivity contribution < 1.29 is 5.11 Å². The highest BCUT2D eigenvalue weighted by molar-refractivity contribution is 5.14. The van der Waals surface area contributed by atoms with Crippen LogP contribution in [0.3, 0.4) is 0 Å². The first-order chi connectivity index (χ1) is 13.2. The maximum Gasteiger partial charge on any atom is 0.106 e. The van der Waals surface area contributed by atoms with Crippen molar-refractivity contribution in [3.63, 3.8) is 0 Å². The van der Waals surface area contributed by atoms with Gasteiger partial charge in [0.05, 0.1) is 6.10 Å². The molecule has 1 aliphatic heterocycles. The third-order valence-corrected chi connectivity index (χ3v) is 5.95. The summed E-state index contributed by atoms with van der Waals surface area (Å²) in [5.74, 6) is 1.95. The number of hydrogen-bond donors (Lipinski definition) is 2. The third-order valence-electron chi connectivity index (χ3n) is 5.95. The monoisotopic (exact) mass is 368 g/mol. The van der Waals surface area contributed by atoms with Crippen molar-refractivity contribution in [2.75, 3.05) is 26.2 Å². The summed E-state index contributed by atoms with van der Waals surface area (Å²) in [4.78, 5) is 12.8. The molecular weight excluding hydrogens is 336 g/mol. The Morgan fingerprint density at radius 3 is 2.44 bits per heavy atom. The molecule has 5 heteroatoms. The van der Waals surface area contributed by atoms with Crippen LogP contribution in [0.5, 0.6) is 0 Å². The highest BCUT2D eigenvalue weighted by Crippen LogP contribution is 2.27. The number of H-pyrrole nitrogens is 1. The van der Waals surface area contributed by atoms with Crippen molar-refractivity contribution in [2.24, 2.45) is 5.92 Å². The zero-order valence-corrected chi connectivity index (χ0v) is 16.2. The van der Waals surface area contributed by atoms with Gasteiger partial charge >= 0.3 is 0 Å². The van der Waals surface area contributed by atoms with Gasteiger partial charge in [0.15, 0.2) is 0 Å². The van der Waals surface area contributed by atoms with Crippen LogP contribution in [0.15, 0.2) is 36.5 Å². The van der Waals surface area contributed by atoms with E-state index in [-0.39, 0.29) is 6.10 Å². The van der Waals surface area contributed by atoms with E-state index in [0.717, 1.165) is 57.4 Å². The topological polar surface area (TPSA) is 55.4 Å². The number of hydrogen-bond acceptors (Lipinski definition) is 4. The lowest BCUT2D eigenvalue weighted by atomic mass is 10.0. The molecule has 5 nitrogen and oxygen atoms in total. The Bertz CT molecular complexity index is 695. The number of β-amino-alcohol motifs (C(OH)–C–C–N with tert-alkyl or cyclic N) is 1. The van der Waals surface area contributed by atoms with Gasteiger partial charge in [0, 0.05) is 57.6 Å². The van der Waals surface area contributed by atoms with Crippen molar-refractivity contribution in [2.45, 2.75) is 51.3 Å². The largest absolute Gasteiger partial charge is 0.390 e. The second-order valence-corrected chi connectivity index (χ2v) is 8.32. The average Bonchev–Trinajstić information content (AvgIpc) is 3.29. The number of aliphatic hydroxyl groups is 1. The molecule has 2 fully saturated rings. The number of nitrogens with zero attached hydrogens (tertiary/aromatic N) is 3. The lowest BCUT2D eigenvalue weighted by Gasteiger charge is -2.21. The van der Waals surface area contributed by atoms with E-state index in [0.29, 0.717) is 0 Å². The van der Waals surface area contributed by atoms with Gasteiger partial charge < -0.3 is 10.1 Å². The molecular formula is C22H32N4O. The fraction of sp³-hybridized carbons (Fsp3) is 0.591. The zero-order valence-electron chi connectivity index (χ0n) is 16.2. The van der Waals surface area contributed by atoms with Gasteiger partial charge in [0.25, 0.3) is 0 Å². The molecule has 1 aliphatic carbocycles. The van der Waals surface area contributed by atoms with E-state index >= 15 is 0 Å². The molecule has 1 saturated heterocycles. The molecule has 1 unspecified atom stereocenters. The van der Waals surface area contributed by atoms with Gasteiger partial charge in [-0.1, -0.05) is 56.0 Å². The molecule has 0 spiro atoms. The molecule has 27 heavy (non-hydrogen) atoms. The molecule has 1 saturated carbocycles. The molecule has 2 heterocycles. The number of benzene rings is 1. The summed E-state index contributed by atoms with van der Waals surface area (Å²) in [7, 11) is 0. The summed E-state index contributed by atoms with van der Waals surface area (Å²) in [5, 5.41) is 10.5. The van der Waals surface area contributed by atoms with Gasteiger partial charge in [0.2, 0.25) is 0 Å². The minimum atomic E-state index is -0.308. The Balaban J connectivity index is 1.30. The summed E-state index contributed by atoms with van der Waals surface area (Å²) >= 11 is 0. The molecule has 2 aliphatic rings. The maximum absolute atomic E-state index is 10.5. The first-order valence-corrected chi connectivity index (χ1v) is 10.4. The van der Waals surface area contributed by atoms with Gasteiger partial charge in [0.1, 0.15) is 5.82 Å². The van der Waals surface area contributed by atoms with Crippen LogP contribution in [0.25, 0.3) is 0 Å². The average molecular weight is 369 g/mol. The summed E-state index contributed by atoms with van der Waals surface area (Å²) in [5.41, 5.74) is 2.48. The van der Waals surface area contributed by atoms with Crippen LogP contribution in [-0.4, -0.2) is 57.2 Å². The summed E-state index contributed by atoms with van der Waals surface area (Å²) < 4.78 is 0. The van der Waals surface area contributed by atoms with Crippen molar-refractivity contribution in [3.05, 3.63) is 53.6 Å². The minimum Gasteiger partial charge on any atom is -0.390 e. The van der Waals surface area contributed by atoms with Gasteiger partial charge in [-0.2, -0.15) is 0 Å². The van der Waals surface area contributed by atoms with Crippen LogP contribution in [0.4, 0.5) is 0 Å². The minimum absolute atomic E-state index is 0.308. The fourth-order valence-electron chi connectivity index (χ4n) is 4.57. The van der Waals surface area contributed by atoms with Crippen molar-refractivity contribution in [1.29, 1.82) is 0 Å². The first kappa shape index (κ1) is 18.7. The normalized spacial score (nSPS) is 22.9. The predicted molar refractivity (Wildman–Crippen MR) is 107 cm³/mol. The van der Waals surface area contributed by atoms with E-state index in [1.165, 1.54) is 36.9 Å². The van der Waals surface area contributed by atoms with Crippen LogP contribution < -0.4 is 0 Å². The molecule has 0 bridgehead atoms. The zero-order chi connectivity index (χ0) is 18.5. The Morgan fingerprint density at radius 1 is 1.00 bits per heavy atom. The van der Waals surface area contributed by atoms with E-state index in [4.69, 9.17) is 0 Å².